The van der Waals surface area contributed by atoms with Gasteiger partial charge in [-0.25, -0.2) is 4.98 Å². The molecule has 0 atom stereocenters. The number of halogens is 1. The van der Waals surface area contributed by atoms with Crippen molar-refractivity contribution in [1.82, 2.24) is 15.4 Å². The molecule has 0 bridgehead atoms. The third-order valence-corrected chi connectivity index (χ3v) is 4.88. The minimum Gasteiger partial charge on any atom is -0.434 e. The molecule has 0 aliphatic heterocycles. The maximum absolute atomic E-state index is 12.4. The summed E-state index contributed by atoms with van der Waals surface area (Å²) in [7, 11) is 0. The van der Waals surface area contributed by atoms with E-state index in [1.165, 1.54) is 0 Å². The Hall–Kier alpha value is -3.72. The maximum atomic E-state index is 12.4. The number of hydrogen-bond donors (Lipinski definition) is 2. The summed E-state index contributed by atoms with van der Waals surface area (Å²) in [4.78, 5) is 31.1. The van der Waals surface area contributed by atoms with Gasteiger partial charge in [0.25, 0.3) is 5.91 Å². The molecule has 10 heteroatoms. The quantitative estimate of drug-likeness (QED) is 0.438. The number of benzene rings is 2. The molecule has 9 nitrogen and oxygen atoms in total. The summed E-state index contributed by atoms with van der Waals surface area (Å²) in [5.41, 5.74) is 7.07. The predicted molar refractivity (Wildman–Crippen MR) is 112 cm³/mol. The van der Waals surface area contributed by atoms with Crippen molar-refractivity contribution in [3.8, 4) is 11.6 Å². The minimum atomic E-state index is -0.687. The molecule has 1 aromatic heterocycles. The van der Waals surface area contributed by atoms with Gasteiger partial charge in [-0.05, 0) is 55.7 Å². The molecule has 154 valence electrons. The standard InChI is InChI=1S/C20H18ClN5O4/c1-11-6-4-5-7-15(11)19(27)25-24-18-17(26(28)29)20(23-10-22-18)30-14-8-12(2)16(21)13(3)9-14/h4-10H,1-3H3,(H,25,27)(H,22,23,24). The van der Waals surface area contributed by atoms with Gasteiger partial charge in [0.2, 0.25) is 5.82 Å². The second-order valence-electron chi connectivity index (χ2n) is 6.50. The van der Waals surface area contributed by atoms with Crippen LogP contribution in [0, 0.1) is 30.9 Å². The smallest absolute Gasteiger partial charge is 0.374 e. The highest BCUT2D eigenvalue weighted by molar-refractivity contribution is 6.32. The van der Waals surface area contributed by atoms with Crippen LogP contribution in [0.15, 0.2) is 42.7 Å². The second-order valence-corrected chi connectivity index (χ2v) is 6.88. The first-order chi connectivity index (χ1) is 14.3. The van der Waals surface area contributed by atoms with Gasteiger partial charge in [-0.15, -0.1) is 0 Å². The lowest BCUT2D eigenvalue weighted by Gasteiger charge is -2.12. The molecule has 30 heavy (non-hydrogen) atoms. The van der Waals surface area contributed by atoms with E-state index < -0.39 is 16.5 Å². The Morgan fingerprint density at radius 2 is 1.77 bits per heavy atom. The number of hydrogen-bond acceptors (Lipinski definition) is 7. The van der Waals surface area contributed by atoms with Crippen molar-refractivity contribution < 1.29 is 14.5 Å². The van der Waals surface area contributed by atoms with Crippen LogP contribution >= 0.6 is 11.6 Å². The monoisotopic (exact) mass is 427 g/mol. The Balaban J connectivity index is 1.87. The van der Waals surface area contributed by atoms with E-state index in [1.807, 2.05) is 0 Å². The number of nitrogens with zero attached hydrogens (tertiary/aromatic N) is 3. The fraction of sp³-hybridized carbons (Fsp3) is 0.150. The summed E-state index contributed by atoms with van der Waals surface area (Å²) in [5, 5.41) is 12.2. The van der Waals surface area contributed by atoms with Crippen LogP contribution in [0.25, 0.3) is 0 Å². The third-order valence-electron chi connectivity index (χ3n) is 4.28. The van der Waals surface area contributed by atoms with Crippen LogP contribution in [0.2, 0.25) is 5.02 Å². The van der Waals surface area contributed by atoms with Crippen molar-refractivity contribution >= 4 is 29.0 Å². The molecule has 0 fully saturated rings. The highest BCUT2D eigenvalue weighted by atomic mass is 35.5. The molecule has 0 spiro atoms. The summed E-state index contributed by atoms with van der Waals surface area (Å²) in [6.07, 6.45) is 1.10. The summed E-state index contributed by atoms with van der Waals surface area (Å²) in [6, 6.07) is 10.2. The summed E-state index contributed by atoms with van der Waals surface area (Å²) < 4.78 is 5.63. The molecule has 0 aliphatic rings. The molecule has 1 amide bonds. The molecular weight excluding hydrogens is 410 g/mol. The van der Waals surface area contributed by atoms with Crippen molar-refractivity contribution in [3.63, 3.8) is 0 Å². The van der Waals surface area contributed by atoms with Crippen LogP contribution < -0.4 is 15.6 Å². The number of amides is 1. The highest BCUT2D eigenvalue weighted by Crippen LogP contribution is 2.35. The van der Waals surface area contributed by atoms with E-state index in [4.69, 9.17) is 16.3 Å². The number of nitrogens with one attached hydrogen (secondary N) is 2. The third kappa shape index (κ3) is 4.47. The molecule has 3 rings (SSSR count). The number of nitro groups is 1. The lowest BCUT2D eigenvalue weighted by molar-refractivity contribution is -0.385. The van der Waals surface area contributed by atoms with Crippen LogP contribution in [0.3, 0.4) is 0 Å². The fourth-order valence-corrected chi connectivity index (χ4v) is 2.89. The second kappa shape index (κ2) is 8.75. The van der Waals surface area contributed by atoms with Crippen LogP contribution in [-0.2, 0) is 0 Å². The summed E-state index contributed by atoms with van der Waals surface area (Å²) >= 11 is 6.15. The fourth-order valence-electron chi connectivity index (χ4n) is 2.78. The molecule has 3 aromatic rings. The largest absolute Gasteiger partial charge is 0.434 e. The van der Waals surface area contributed by atoms with Gasteiger partial charge < -0.3 is 4.74 Å². The zero-order chi connectivity index (χ0) is 21.8. The van der Waals surface area contributed by atoms with Crippen molar-refractivity contribution in [2.24, 2.45) is 0 Å². The topological polar surface area (TPSA) is 119 Å². The van der Waals surface area contributed by atoms with Gasteiger partial charge >= 0.3 is 11.6 Å². The number of hydrazine groups is 1. The molecule has 0 unspecified atom stereocenters. The molecule has 0 radical (unpaired) electrons. The molecule has 0 aliphatic carbocycles. The average Bonchev–Trinajstić information content (AvgIpc) is 2.70. The van der Waals surface area contributed by atoms with Gasteiger partial charge in [-0.1, -0.05) is 29.8 Å². The van der Waals surface area contributed by atoms with E-state index in [-0.39, 0.29) is 11.7 Å². The van der Waals surface area contributed by atoms with Crippen molar-refractivity contribution in [2.45, 2.75) is 20.8 Å². The molecule has 2 N–H and O–H groups in total. The first-order valence-corrected chi connectivity index (χ1v) is 9.21. The van der Waals surface area contributed by atoms with Gasteiger partial charge in [0.05, 0.1) is 4.92 Å². The number of ether oxygens (including phenoxy) is 1. The summed E-state index contributed by atoms with van der Waals surface area (Å²) in [6.45, 7) is 5.37. The number of rotatable bonds is 6. The lowest BCUT2D eigenvalue weighted by Crippen LogP contribution is -2.30. The number of anilines is 1. The first-order valence-electron chi connectivity index (χ1n) is 8.84. The van der Waals surface area contributed by atoms with Gasteiger partial charge in [0.1, 0.15) is 12.1 Å². The van der Waals surface area contributed by atoms with E-state index in [9.17, 15) is 14.9 Å². The minimum absolute atomic E-state index is 0.214. The van der Waals surface area contributed by atoms with Crippen LogP contribution in [0.4, 0.5) is 11.5 Å². The Morgan fingerprint density at radius 3 is 2.40 bits per heavy atom. The van der Waals surface area contributed by atoms with Crippen LogP contribution in [0.5, 0.6) is 11.6 Å². The van der Waals surface area contributed by atoms with Crippen LogP contribution in [0.1, 0.15) is 27.0 Å². The van der Waals surface area contributed by atoms with Crippen LogP contribution in [-0.4, -0.2) is 20.8 Å². The lowest BCUT2D eigenvalue weighted by atomic mass is 10.1. The number of aromatic nitrogens is 2. The van der Waals surface area contributed by atoms with Crippen molar-refractivity contribution in [3.05, 3.63) is 80.1 Å². The highest BCUT2D eigenvalue weighted by Gasteiger charge is 2.26. The predicted octanol–water partition coefficient (Wildman–Crippen LogP) is 4.51. The number of carbonyl (C=O) groups is 1. The average molecular weight is 428 g/mol. The number of aryl methyl sites for hydroxylation is 3. The van der Waals surface area contributed by atoms with E-state index in [0.717, 1.165) is 23.0 Å². The van der Waals surface area contributed by atoms with Gasteiger partial charge in [0.15, 0.2) is 0 Å². The summed E-state index contributed by atoms with van der Waals surface area (Å²) in [5.74, 6) is -0.614. The zero-order valence-electron chi connectivity index (χ0n) is 16.4. The van der Waals surface area contributed by atoms with Crippen molar-refractivity contribution in [1.29, 1.82) is 0 Å². The van der Waals surface area contributed by atoms with E-state index in [0.29, 0.717) is 16.3 Å². The van der Waals surface area contributed by atoms with E-state index >= 15 is 0 Å². The Morgan fingerprint density at radius 1 is 1.10 bits per heavy atom. The van der Waals surface area contributed by atoms with Crippen molar-refractivity contribution in [2.75, 3.05) is 5.43 Å². The normalized spacial score (nSPS) is 10.4. The first kappa shape index (κ1) is 21.0. The van der Waals surface area contributed by atoms with Gasteiger partial charge in [-0.3, -0.25) is 25.8 Å². The maximum Gasteiger partial charge on any atom is 0.374 e. The SMILES string of the molecule is Cc1ccccc1C(=O)NNc1ncnc(Oc2cc(C)c(Cl)c(C)c2)c1[N+](=O)[O-]. The Bertz CT molecular complexity index is 1110. The van der Waals surface area contributed by atoms with Gasteiger partial charge in [0, 0.05) is 10.6 Å². The number of carbonyl (C=O) groups excluding carboxylic acids is 1. The van der Waals surface area contributed by atoms with E-state index in [1.54, 1.807) is 57.2 Å². The van der Waals surface area contributed by atoms with Gasteiger partial charge in [-0.2, -0.15) is 4.98 Å². The molecule has 0 saturated heterocycles. The molecule has 2 aromatic carbocycles. The molecule has 1 heterocycles. The van der Waals surface area contributed by atoms with E-state index in [2.05, 4.69) is 20.8 Å². The Kier molecular flexibility index (Phi) is 6.12. The Labute approximate surface area is 177 Å². The zero-order valence-corrected chi connectivity index (χ0v) is 17.1. The molecule has 0 saturated carbocycles. The molecular formula is C20H18ClN5O4.